The van der Waals surface area contributed by atoms with Crippen LogP contribution in [-0.4, -0.2) is 17.5 Å². The van der Waals surface area contributed by atoms with Crippen LogP contribution in [0.5, 0.6) is 0 Å². The Kier molecular flexibility index (Phi) is 4.83. The van der Waals surface area contributed by atoms with E-state index >= 15 is 0 Å². The van der Waals surface area contributed by atoms with Crippen molar-refractivity contribution in [3.05, 3.63) is 32.5 Å². The number of anilines is 1. The minimum Gasteiger partial charge on any atom is -0.375 e. The van der Waals surface area contributed by atoms with Gasteiger partial charge in [-0.1, -0.05) is 6.92 Å². The zero-order chi connectivity index (χ0) is 13.0. The minimum atomic E-state index is -0.560. The lowest BCUT2D eigenvalue weighted by molar-refractivity contribution is -0.384. The lowest BCUT2D eigenvalue weighted by atomic mass is 10.2. The monoisotopic (exact) mass is 305 g/mol. The predicted octanol–water partition coefficient (Wildman–Crippen LogP) is 2.65. The van der Waals surface area contributed by atoms with Gasteiger partial charge in [0.15, 0.2) is 0 Å². The molecule has 94 valence electrons. The molecule has 1 rings (SSSR count). The quantitative estimate of drug-likeness (QED) is 0.647. The fourth-order valence-electron chi connectivity index (χ4n) is 1.35. The third-order valence-electron chi connectivity index (χ3n) is 2.37. The van der Waals surface area contributed by atoms with E-state index in [0.29, 0.717) is 13.0 Å². The highest BCUT2D eigenvalue weighted by molar-refractivity contribution is 9.10. The first-order chi connectivity index (χ1) is 7.99. The zero-order valence-corrected chi connectivity index (χ0v) is 10.8. The number of rotatable bonds is 5. The van der Waals surface area contributed by atoms with Crippen molar-refractivity contribution in [2.75, 3.05) is 11.9 Å². The second-order valence-corrected chi connectivity index (χ2v) is 4.38. The van der Waals surface area contributed by atoms with Gasteiger partial charge in [-0.3, -0.25) is 10.1 Å². The first kappa shape index (κ1) is 13.9. The minimum absolute atomic E-state index is 0.0653. The molecule has 7 heteroatoms. The lowest BCUT2D eigenvalue weighted by Crippen LogP contribution is -2.28. The van der Waals surface area contributed by atoms with E-state index in [1.165, 1.54) is 0 Å². The first-order valence-corrected chi connectivity index (χ1v) is 5.88. The van der Waals surface area contributed by atoms with Crippen molar-refractivity contribution in [1.82, 2.24) is 0 Å². The second kappa shape index (κ2) is 5.92. The van der Waals surface area contributed by atoms with Crippen molar-refractivity contribution in [3.8, 4) is 0 Å². The van der Waals surface area contributed by atoms with Crippen LogP contribution in [0.15, 0.2) is 16.6 Å². The largest absolute Gasteiger partial charge is 0.375 e. The number of nitrogens with two attached hydrogens (primary N) is 1. The summed E-state index contributed by atoms with van der Waals surface area (Å²) in [6.45, 7) is 2.22. The van der Waals surface area contributed by atoms with Gasteiger partial charge in [0.2, 0.25) is 0 Å². The standard InChI is InChI=1S/C10H13BrFN3O2/c1-2-6(5-13)14-9-4-8(12)7(11)3-10(9)15(16)17/h3-4,6,14H,2,5,13H2,1H3. The summed E-state index contributed by atoms with van der Waals surface area (Å²) in [7, 11) is 0. The summed E-state index contributed by atoms with van der Waals surface area (Å²) < 4.78 is 13.4. The highest BCUT2D eigenvalue weighted by atomic mass is 79.9. The molecule has 0 aliphatic carbocycles. The van der Waals surface area contributed by atoms with E-state index in [-0.39, 0.29) is 21.9 Å². The molecular formula is C10H13BrFN3O2. The fraction of sp³-hybridized carbons (Fsp3) is 0.400. The normalized spacial score (nSPS) is 12.2. The Hall–Kier alpha value is -1.21. The molecule has 5 nitrogen and oxygen atoms in total. The molecule has 0 saturated carbocycles. The van der Waals surface area contributed by atoms with Crippen LogP contribution < -0.4 is 11.1 Å². The summed E-state index contributed by atoms with van der Waals surface area (Å²) in [6, 6.07) is 2.12. The van der Waals surface area contributed by atoms with Crippen LogP contribution in [0.4, 0.5) is 15.8 Å². The van der Waals surface area contributed by atoms with E-state index in [9.17, 15) is 14.5 Å². The highest BCUT2D eigenvalue weighted by Gasteiger charge is 2.19. The van der Waals surface area contributed by atoms with Crippen LogP contribution in [0, 0.1) is 15.9 Å². The molecule has 0 radical (unpaired) electrons. The van der Waals surface area contributed by atoms with Gasteiger partial charge in [-0.25, -0.2) is 4.39 Å². The molecule has 0 aromatic heterocycles. The van der Waals surface area contributed by atoms with E-state index in [1.54, 1.807) is 0 Å². The Morgan fingerprint density at radius 1 is 1.65 bits per heavy atom. The van der Waals surface area contributed by atoms with Crippen LogP contribution >= 0.6 is 15.9 Å². The summed E-state index contributed by atoms with van der Waals surface area (Å²) in [6.07, 6.45) is 0.700. The number of nitro benzene ring substituents is 1. The maximum absolute atomic E-state index is 13.3. The Bertz CT molecular complexity index is 424. The van der Waals surface area contributed by atoms with E-state index < -0.39 is 10.7 Å². The van der Waals surface area contributed by atoms with Crippen molar-refractivity contribution < 1.29 is 9.31 Å². The van der Waals surface area contributed by atoms with Gasteiger partial charge in [-0.2, -0.15) is 0 Å². The molecule has 0 spiro atoms. The average Bonchev–Trinajstić information content (AvgIpc) is 2.29. The van der Waals surface area contributed by atoms with Crippen molar-refractivity contribution in [2.24, 2.45) is 5.73 Å². The molecule has 0 aliphatic rings. The van der Waals surface area contributed by atoms with Gasteiger partial charge >= 0.3 is 0 Å². The SMILES string of the molecule is CCC(CN)Nc1cc(F)c(Br)cc1[N+](=O)[O-]. The van der Waals surface area contributed by atoms with E-state index in [2.05, 4.69) is 21.2 Å². The maximum atomic E-state index is 13.3. The van der Waals surface area contributed by atoms with Crippen molar-refractivity contribution in [1.29, 1.82) is 0 Å². The van der Waals surface area contributed by atoms with Gasteiger partial charge in [0.25, 0.3) is 5.69 Å². The molecule has 1 unspecified atom stereocenters. The molecule has 1 aromatic rings. The molecule has 0 fully saturated rings. The number of hydrogen-bond donors (Lipinski definition) is 2. The van der Waals surface area contributed by atoms with Crippen LogP contribution in [0.1, 0.15) is 13.3 Å². The third kappa shape index (κ3) is 3.37. The van der Waals surface area contributed by atoms with Crippen molar-refractivity contribution in [3.63, 3.8) is 0 Å². The number of nitro groups is 1. The maximum Gasteiger partial charge on any atom is 0.293 e. The lowest BCUT2D eigenvalue weighted by Gasteiger charge is -2.16. The van der Waals surface area contributed by atoms with Crippen molar-refractivity contribution in [2.45, 2.75) is 19.4 Å². The summed E-state index contributed by atoms with van der Waals surface area (Å²) in [5, 5.41) is 13.7. The molecule has 1 aromatic carbocycles. The number of halogens is 2. The molecule has 3 N–H and O–H groups in total. The number of benzene rings is 1. The Labute approximate surface area is 106 Å². The molecule has 0 bridgehead atoms. The van der Waals surface area contributed by atoms with Gasteiger partial charge < -0.3 is 11.1 Å². The third-order valence-corrected chi connectivity index (χ3v) is 2.98. The number of nitrogens with one attached hydrogen (secondary N) is 1. The molecule has 17 heavy (non-hydrogen) atoms. The molecule has 0 aliphatic heterocycles. The van der Waals surface area contributed by atoms with E-state index in [4.69, 9.17) is 5.73 Å². The van der Waals surface area contributed by atoms with Crippen LogP contribution in [0.2, 0.25) is 0 Å². The Balaban J connectivity index is 3.12. The number of hydrogen-bond acceptors (Lipinski definition) is 4. The zero-order valence-electron chi connectivity index (χ0n) is 9.24. The Morgan fingerprint density at radius 3 is 2.76 bits per heavy atom. The highest BCUT2D eigenvalue weighted by Crippen LogP contribution is 2.31. The van der Waals surface area contributed by atoms with E-state index in [1.807, 2.05) is 6.92 Å². The van der Waals surface area contributed by atoms with Gasteiger partial charge in [-0.05, 0) is 22.4 Å². The van der Waals surface area contributed by atoms with E-state index in [0.717, 1.165) is 12.1 Å². The molecule has 0 amide bonds. The average molecular weight is 306 g/mol. The van der Waals surface area contributed by atoms with Crippen LogP contribution in [0.25, 0.3) is 0 Å². The van der Waals surface area contributed by atoms with Crippen LogP contribution in [-0.2, 0) is 0 Å². The van der Waals surface area contributed by atoms with Crippen molar-refractivity contribution >= 4 is 27.3 Å². The second-order valence-electron chi connectivity index (χ2n) is 3.53. The summed E-state index contributed by atoms with van der Waals surface area (Å²) in [5.41, 5.74) is 5.46. The fourth-order valence-corrected chi connectivity index (χ4v) is 1.68. The molecule has 0 saturated heterocycles. The summed E-state index contributed by atoms with van der Waals surface area (Å²) in [4.78, 5) is 10.3. The predicted molar refractivity (Wildman–Crippen MR) is 67.5 cm³/mol. The molecular weight excluding hydrogens is 293 g/mol. The first-order valence-electron chi connectivity index (χ1n) is 5.09. The summed E-state index contributed by atoms with van der Waals surface area (Å²) >= 11 is 2.92. The van der Waals surface area contributed by atoms with Gasteiger partial charge in [0, 0.05) is 24.7 Å². The van der Waals surface area contributed by atoms with Gasteiger partial charge in [0.05, 0.1) is 9.40 Å². The molecule has 1 atom stereocenters. The smallest absolute Gasteiger partial charge is 0.293 e. The Morgan fingerprint density at radius 2 is 2.29 bits per heavy atom. The topological polar surface area (TPSA) is 81.2 Å². The number of nitrogens with zero attached hydrogens (tertiary/aromatic N) is 1. The molecule has 0 heterocycles. The van der Waals surface area contributed by atoms with Gasteiger partial charge in [-0.15, -0.1) is 0 Å². The summed E-state index contributed by atoms with van der Waals surface area (Å²) in [5.74, 6) is -0.551. The van der Waals surface area contributed by atoms with Crippen LogP contribution in [0.3, 0.4) is 0 Å². The van der Waals surface area contributed by atoms with Gasteiger partial charge in [0.1, 0.15) is 11.5 Å².